The van der Waals surface area contributed by atoms with Crippen molar-refractivity contribution in [1.82, 2.24) is 19.9 Å². The molecule has 1 aromatic carbocycles. The average Bonchev–Trinajstić information content (AvgIpc) is 2.89. The third kappa shape index (κ3) is 2.63. The van der Waals surface area contributed by atoms with Gasteiger partial charge in [-0.05, 0) is 31.5 Å². The van der Waals surface area contributed by atoms with Crippen molar-refractivity contribution in [2.24, 2.45) is 0 Å². The Kier molecular flexibility index (Phi) is 3.39. The molecule has 1 amide bonds. The fourth-order valence-corrected chi connectivity index (χ4v) is 2.24. The van der Waals surface area contributed by atoms with Gasteiger partial charge in [0.1, 0.15) is 5.82 Å². The molecule has 1 N–H and O–H groups in total. The largest absolute Gasteiger partial charge is 0.345 e. The number of aryl methyl sites for hydroxylation is 1. The number of nitrogens with zero attached hydrogens (tertiary/aromatic N) is 3. The second kappa shape index (κ2) is 5.36. The summed E-state index contributed by atoms with van der Waals surface area (Å²) < 4.78 is 1.81. The number of carbonyl (C=O) groups excluding carboxylic acids is 1. The molecule has 2 aromatic heterocycles. The number of amides is 1. The Morgan fingerprint density at radius 2 is 1.90 bits per heavy atom. The number of hydrogen-bond donors (Lipinski definition) is 1. The number of hydrogen-bond acceptors (Lipinski definition) is 3. The zero-order valence-corrected chi connectivity index (χ0v) is 11.9. The highest BCUT2D eigenvalue weighted by atomic mass is 16.1. The van der Waals surface area contributed by atoms with Crippen LogP contribution in [0.4, 0.5) is 0 Å². The van der Waals surface area contributed by atoms with Gasteiger partial charge >= 0.3 is 0 Å². The number of benzene rings is 1. The molecule has 0 aliphatic carbocycles. The lowest BCUT2D eigenvalue weighted by Gasteiger charge is -2.14. The minimum Gasteiger partial charge on any atom is -0.345 e. The van der Waals surface area contributed by atoms with Crippen molar-refractivity contribution in [1.29, 1.82) is 0 Å². The number of nitrogens with one attached hydrogen (secondary N) is 1. The molecule has 0 bridgehead atoms. The summed E-state index contributed by atoms with van der Waals surface area (Å²) in [5, 5.41) is 11.0. The van der Waals surface area contributed by atoms with Crippen molar-refractivity contribution in [3.05, 3.63) is 65.6 Å². The van der Waals surface area contributed by atoms with E-state index in [0.29, 0.717) is 5.56 Å². The summed E-state index contributed by atoms with van der Waals surface area (Å²) in [7, 11) is 0. The maximum atomic E-state index is 12.3. The van der Waals surface area contributed by atoms with Crippen molar-refractivity contribution in [2.45, 2.75) is 19.9 Å². The zero-order chi connectivity index (χ0) is 14.8. The number of pyridine rings is 1. The first-order valence-electron chi connectivity index (χ1n) is 6.82. The molecule has 0 saturated heterocycles. The molecule has 0 saturated carbocycles. The van der Waals surface area contributed by atoms with Crippen LogP contribution < -0.4 is 5.32 Å². The van der Waals surface area contributed by atoms with Crippen molar-refractivity contribution >= 4 is 11.6 Å². The SMILES string of the molecule is Cc1nnc2ccc(C(=O)NC(C)c3ccccc3)cn12. The zero-order valence-electron chi connectivity index (χ0n) is 11.9. The van der Waals surface area contributed by atoms with E-state index in [9.17, 15) is 4.79 Å². The average molecular weight is 280 g/mol. The Morgan fingerprint density at radius 3 is 2.67 bits per heavy atom. The van der Waals surface area contributed by atoms with Gasteiger partial charge in [0.2, 0.25) is 0 Å². The predicted molar refractivity (Wildman–Crippen MR) is 80.0 cm³/mol. The minimum absolute atomic E-state index is 0.0450. The first kappa shape index (κ1) is 13.3. The van der Waals surface area contributed by atoms with Crippen LogP contribution >= 0.6 is 0 Å². The lowest BCUT2D eigenvalue weighted by Crippen LogP contribution is -2.26. The molecule has 106 valence electrons. The third-order valence-electron chi connectivity index (χ3n) is 3.48. The van der Waals surface area contributed by atoms with E-state index in [2.05, 4.69) is 15.5 Å². The second-order valence-corrected chi connectivity index (χ2v) is 5.00. The number of fused-ring (bicyclic) bond motifs is 1. The number of carbonyl (C=O) groups is 1. The Labute approximate surface area is 122 Å². The van der Waals surface area contributed by atoms with Gasteiger partial charge in [-0.15, -0.1) is 10.2 Å². The highest BCUT2D eigenvalue weighted by molar-refractivity contribution is 5.94. The van der Waals surface area contributed by atoms with E-state index >= 15 is 0 Å². The summed E-state index contributed by atoms with van der Waals surface area (Å²) >= 11 is 0. The second-order valence-electron chi connectivity index (χ2n) is 5.00. The topological polar surface area (TPSA) is 59.3 Å². The smallest absolute Gasteiger partial charge is 0.253 e. The van der Waals surface area contributed by atoms with E-state index in [4.69, 9.17) is 0 Å². The van der Waals surface area contributed by atoms with Gasteiger partial charge in [0.15, 0.2) is 5.65 Å². The van der Waals surface area contributed by atoms with Crippen molar-refractivity contribution in [3.8, 4) is 0 Å². The molecule has 21 heavy (non-hydrogen) atoms. The molecule has 0 aliphatic heterocycles. The Morgan fingerprint density at radius 1 is 1.14 bits per heavy atom. The third-order valence-corrected chi connectivity index (χ3v) is 3.48. The van der Waals surface area contributed by atoms with E-state index in [1.807, 2.05) is 48.6 Å². The molecule has 0 aliphatic rings. The summed E-state index contributed by atoms with van der Waals surface area (Å²) in [5.74, 6) is 0.650. The van der Waals surface area contributed by atoms with Gasteiger partial charge in [-0.3, -0.25) is 9.20 Å². The summed E-state index contributed by atoms with van der Waals surface area (Å²) in [5.41, 5.74) is 2.40. The van der Waals surface area contributed by atoms with Gasteiger partial charge < -0.3 is 5.32 Å². The van der Waals surface area contributed by atoms with Crippen LogP contribution in [0.5, 0.6) is 0 Å². The van der Waals surface area contributed by atoms with Gasteiger partial charge in [0.05, 0.1) is 11.6 Å². The van der Waals surface area contributed by atoms with Crippen LogP contribution in [0.1, 0.15) is 34.7 Å². The predicted octanol–water partition coefficient (Wildman–Crippen LogP) is 2.53. The molecule has 1 unspecified atom stereocenters. The highest BCUT2D eigenvalue weighted by Gasteiger charge is 2.12. The van der Waals surface area contributed by atoms with Gasteiger partial charge in [0, 0.05) is 6.20 Å². The van der Waals surface area contributed by atoms with Crippen LogP contribution in [-0.2, 0) is 0 Å². The monoisotopic (exact) mass is 280 g/mol. The maximum Gasteiger partial charge on any atom is 0.253 e. The first-order valence-corrected chi connectivity index (χ1v) is 6.82. The summed E-state index contributed by atoms with van der Waals surface area (Å²) in [6.45, 7) is 3.82. The molecule has 5 nitrogen and oxygen atoms in total. The maximum absolute atomic E-state index is 12.3. The quantitative estimate of drug-likeness (QED) is 0.802. The Balaban J connectivity index is 1.82. The Hall–Kier alpha value is -2.69. The first-order chi connectivity index (χ1) is 10.1. The fourth-order valence-electron chi connectivity index (χ4n) is 2.24. The van der Waals surface area contributed by atoms with Crippen LogP contribution in [0.25, 0.3) is 5.65 Å². The summed E-state index contributed by atoms with van der Waals surface area (Å²) in [6.07, 6.45) is 1.76. The van der Waals surface area contributed by atoms with E-state index in [0.717, 1.165) is 17.0 Å². The lowest BCUT2D eigenvalue weighted by molar-refractivity contribution is 0.0939. The summed E-state index contributed by atoms with van der Waals surface area (Å²) in [4.78, 5) is 12.3. The van der Waals surface area contributed by atoms with Gasteiger partial charge in [-0.25, -0.2) is 0 Å². The number of rotatable bonds is 3. The van der Waals surface area contributed by atoms with E-state index in [1.165, 1.54) is 0 Å². The van der Waals surface area contributed by atoms with Crippen LogP contribution in [0, 0.1) is 6.92 Å². The van der Waals surface area contributed by atoms with Crippen LogP contribution in [-0.4, -0.2) is 20.5 Å². The molecule has 0 radical (unpaired) electrons. The molecular formula is C16H16N4O. The van der Waals surface area contributed by atoms with Crippen molar-refractivity contribution in [3.63, 3.8) is 0 Å². The van der Waals surface area contributed by atoms with Crippen LogP contribution in [0.15, 0.2) is 48.7 Å². The van der Waals surface area contributed by atoms with E-state index < -0.39 is 0 Å². The van der Waals surface area contributed by atoms with Gasteiger partial charge in [-0.2, -0.15) is 0 Å². The minimum atomic E-state index is -0.110. The Bertz CT molecular complexity index is 779. The van der Waals surface area contributed by atoms with Crippen molar-refractivity contribution < 1.29 is 4.79 Å². The molecule has 0 spiro atoms. The fraction of sp³-hybridized carbons (Fsp3) is 0.188. The summed E-state index contributed by atoms with van der Waals surface area (Å²) in [6, 6.07) is 13.4. The molecular weight excluding hydrogens is 264 g/mol. The van der Waals surface area contributed by atoms with E-state index in [-0.39, 0.29) is 11.9 Å². The highest BCUT2D eigenvalue weighted by Crippen LogP contribution is 2.13. The number of aromatic nitrogens is 3. The van der Waals surface area contributed by atoms with Gasteiger partial charge in [-0.1, -0.05) is 30.3 Å². The van der Waals surface area contributed by atoms with E-state index in [1.54, 1.807) is 18.3 Å². The molecule has 3 aromatic rings. The van der Waals surface area contributed by atoms with Gasteiger partial charge in [0.25, 0.3) is 5.91 Å². The molecule has 5 heteroatoms. The van der Waals surface area contributed by atoms with Crippen LogP contribution in [0.3, 0.4) is 0 Å². The lowest BCUT2D eigenvalue weighted by atomic mass is 10.1. The molecule has 0 fully saturated rings. The van der Waals surface area contributed by atoms with Crippen molar-refractivity contribution in [2.75, 3.05) is 0 Å². The standard InChI is InChI=1S/C16H16N4O/c1-11(13-6-4-3-5-7-13)17-16(21)14-8-9-15-19-18-12(2)20(15)10-14/h3-11H,1-2H3,(H,17,21). The molecule has 3 rings (SSSR count). The van der Waals surface area contributed by atoms with Crippen LogP contribution in [0.2, 0.25) is 0 Å². The normalized spacial score (nSPS) is 12.3. The molecule has 2 heterocycles. The molecule has 1 atom stereocenters.